The van der Waals surface area contributed by atoms with E-state index in [1.165, 1.54) is 7.05 Å². The van der Waals surface area contributed by atoms with E-state index in [4.69, 9.17) is 10.5 Å². The zero-order valence-corrected chi connectivity index (χ0v) is 12.0. The highest BCUT2D eigenvalue weighted by Gasteiger charge is 2.07. The number of rotatable bonds is 2. The van der Waals surface area contributed by atoms with Gasteiger partial charge in [-0.3, -0.25) is 5.21 Å². The molecule has 0 saturated carbocycles. The fraction of sp³-hybridized carbons (Fsp3) is 0.273. The third kappa shape index (κ3) is 7.59. The Morgan fingerprint density at radius 1 is 1.35 bits per heavy atom. The number of nitrogens with zero attached hydrogens (tertiary/aromatic N) is 1. The van der Waals surface area contributed by atoms with Crippen molar-refractivity contribution in [1.82, 2.24) is 5.06 Å². The third-order valence-electron chi connectivity index (χ3n) is 1.86. The van der Waals surface area contributed by atoms with E-state index < -0.39 is 23.2 Å². The molecule has 0 fully saturated rings. The van der Waals surface area contributed by atoms with Crippen LogP contribution in [0.15, 0.2) is 29.2 Å². The predicted octanol–water partition coefficient (Wildman–Crippen LogP) is 1.30. The number of carbonyl (C=O) groups is 2. The van der Waals surface area contributed by atoms with Gasteiger partial charge in [0.2, 0.25) is 0 Å². The molecule has 1 unspecified atom stereocenters. The van der Waals surface area contributed by atoms with Gasteiger partial charge >= 0.3 is 12.0 Å². The number of benzene rings is 1. The number of hydrogen-bond donors (Lipinski definition) is 3. The van der Waals surface area contributed by atoms with Crippen LogP contribution in [0.5, 0.6) is 0 Å². The normalized spacial score (nSPS) is 10.7. The molecule has 8 nitrogen and oxygen atoms in total. The average Bonchev–Trinajstić information content (AvgIpc) is 2.39. The lowest BCUT2D eigenvalue weighted by molar-refractivity contribution is -0.231. The predicted molar refractivity (Wildman–Crippen MR) is 71.7 cm³/mol. The Morgan fingerprint density at radius 2 is 1.80 bits per heavy atom. The first kappa shape index (κ1) is 18.2. The molecule has 2 amide bonds. The van der Waals surface area contributed by atoms with Gasteiger partial charge in [0.1, 0.15) is 6.26 Å². The van der Waals surface area contributed by atoms with E-state index in [1.54, 1.807) is 30.5 Å². The van der Waals surface area contributed by atoms with Crippen LogP contribution in [0.3, 0.4) is 0 Å². The Morgan fingerprint density at radius 3 is 2.10 bits per heavy atom. The maximum Gasteiger partial charge on any atom is 0.345 e. The molecule has 0 saturated heterocycles. The largest absolute Gasteiger partial charge is 0.612 e. The second kappa shape index (κ2) is 9.15. The Balaban J connectivity index is 0.000000621. The van der Waals surface area contributed by atoms with Gasteiger partial charge in [-0.2, -0.15) is 5.26 Å². The monoisotopic (exact) mass is 304 g/mol. The van der Waals surface area contributed by atoms with Gasteiger partial charge in [0, 0.05) is 19.7 Å². The molecule has 0 radical (unpaired) electrons. The molecule has 0 aliphatic carbocycles. The van der Waals surface area contributed by atoms with Gasteiger partial charge < -0.3 is 14.8 Å². The summed E-state index contributed by atoms with van der Waals surface area (Å²) in [6, 6.07) is 5.93. The van der Waals surface area contributed by atoms with Crippen molar-refractivity contribution in [2.24, 2.45) is 0 Å². The number of carbonyl (C=O) groups excluding carboxylic acids is 2. The van der Waals surface area contributed by atoms with E-state index in [0.29, 0.717) is 15.6 Å². The Kier molecular flexibility index (Phi) is 8.32. The Labute approximate surface area is 119 Å². The van der Waals surface area contributed by atoms with Crippen LogP contribution in [0.4, 0.5) is 10.5 Å². The zero-order chi connectivity index (χ0) is 15.7. The summed E-state index contributed by atoms with van der Waals surface area (Å²) in [5, 5.41) is 19.0. The lowest BCUT2D eigenvalue weighted by atomic mass is 10.3. The maximum absolute atomic E-state index is 11.1. The van der Waals surface area contributed by atoms with Gasteiger partial charge in [0.25, 0.3) is 0 Å². The van der Waals surface area contributed by atoms with Crippen molar-refractivity contribution in [3.8, 4) is 0 Å². The van der Waals surface area contributed by atoms with Crippen LogP contribution >= 0.6 is 0 Å². The molecule has 0 heterocycles. The van der Waals surface area contributed by atoms with Gasteiger partial charge in [-0.05, 0) is 35.4 Å². The minimum absolute atomic E-state index is 0.450. The molecule has 20 heavy (non-hydrogen) atoms. The molecule has 1 aromatic rings. The van der Waals surface area contributed by atoms with E-state index >= 15 is 0 Å². The molecule has 1 rings (SSSR count). The molecule has 0 aliphatic rings. The highest BCUT2D eigenvalue weighted by molar-refractivity contribution is 7.90. The molecule has 1 aromatic carbocycles. The van der Waals surface area contributed by atoms with Crippen LogP contribution in [-0.4, -0.2) is 45.4 Å². The van der Waals surface area contributed by atoms with E-state index in [0.717, 1.165) is 6.92 Å². The third-order valence-corrected chi connectivity index (χ3v) is 2.80. The lowest BCUT2D eigenvalue weighted by Gasteiger charge is -2.10. The minimum Gasteiger partial charge on any atom is -0.612 e. The zero-order valence-electron chi connectivity index (χ0n) is 11.2. The van der Waals surface area contributed by atoms with Crippen LogP contribution < -0.4 is 5.32 Å². The fourth-order valence-corrected chi connectivity index (χ4v) is 1.45. The molecule has 0 aromatic heterocycles. The maximum atomic E-state index is 11.1. The second-order valence-electron chi connectivity index (χ2n) is 3.52. The number of urea groups is 1. The first-order valence-corrected chi connectivity index (χ1v) is 6.82. The molecular formula is C11H16N2O6S. The molecule has 9 heteroatoms. The number of amides is 2. The number of nitrogens with one attached hydrogen (secondary N) is 1. The van der Waals surface area contributed by atoms with Crippen molar-refractivity contribution < 1.29 is 29.5 Å². The number of hydroxylamine groups is 2. The molecule has 3 N–H and O–H groups in total. The highest BCUT2D eigenvalue weighted by atomic mass is 32.2. The van der Waals surface area contributed by atoms with Gasteiger partial charge in [-0.15, -0.1) is 0 Å². The van der Waals surface area contributed by atoms with Crippen LogP contribution in [0.25, 0.3) is 0 Å². The molecule has 0 bridgehead atoms. The molecule has 1 atom stereocenters. The number of hydrogen-bond acceptors (Lipinski definition) is 6. The summed E-state index contributed by atoms with van der Waals surface area (Å²) in [6.45, 7) is 1.11. The van der Waals surface area contributed by atoms with Crippen molar-refractivity contribution in [1.29, 1.82) is 0 Å². The summed E-state index contributed by atoms with van der Waals surface area (Å²) in [5.41, 5.74) is 0.537. The number of anilines is 1. The van der Waals surface area contributed by atoms with E-state index in [1.807, 2.05) is 0 Å². The summed E-state index contributed by atoms with van der Waals surface area (Å²) >= 11 is -1.03. The van der Waals surface area contributed by atoms with Crippen LogP contribution in [-0.2, 0) is 20.9 Å². The first-order valence-electron chi connectivity index (χ1n) is 5.27. The van der Waals surface area contributed by atoms with Gasteiger partial charge in [0.15, 0.2) is 4.90 Å². The standard InChI is InChI=1S/C9H12N2O3S.C2H4O3/c1-11(13)9(12)10-7-3-5-8(6-4-7)15(2)14;1-2(3)5-4/h3-6,13H,1-2H3,(H,10,12);4H,1H3. The summed E-state index contributed by atoms with van der Waals surface area (Å²) < 4.78 is 11.1. The van der Waals surface area contributed by atoms with Gasteiger partial charge in [0.05, 0.1) is 0 Å². The van der Waals surface area contributed by atoms with Crippen molar-refractivity contribution in [2.75, 3.05) is 18.6 Å². The van der Waals surface area contributed by atoms with Crippen molar-refractivity contribution in [2.45, 2.75) is 11.8 Å². The van der Waals surface area contributed by atoms with Gasteiger partial charge in [-0.25, -0.2) is 14.7 Å². The van der Waals surface area contributed by atoms with E-state index in [-0.39, 0.29) is 0 Å². The van der Waals surface area contributed by atoms with Crippen molar-refractivity contribution >= 4 is 28.9 Å². The first-order chi connectivity index (χ1) is 9.27. The molecular weight excluding hydrogens is 288 g/mol. The molecule has 0 aliphatic heterocycles. The molecule has 112 valence electrons. The second-order valence-corrected chi connectivity index (χ2v) is 4.89. The lowest BCUT2D eigenvalue weighted by Crippen LogP contribution is -2.27. The van der Waals surface area contributed by atoms with Gasteiger partial charge in [-0.1, -0.05) is 0 Å². The molecule has 0 spiro atoms. The van der Waals surface area contributed by atoms with Crippen LogP contribution in [0.1, 0.15) is 6.92 Å². The quantitative estimate of drug-likeness (QED) is 0.327. The van der Waals surface area contributed by atoms with Crippen molar-refractivity contribution in [3.63, 3.8) is 0 Å². The van der Waals surface area contributed by atoms with Crippen LogP contribution in [0.2, 0.25) is 0 Å². The van der Waals surface area contributed by atoms with E-state index in [9.17, 15) is 14.1 Å². The fourth-order valence-electron chi connectivity index (χ4n) is 0.934. The summed E-state index contributed by atoms with van der Waals surface area (Å²) in [6.07, 6.45) is 1.58. The topological polar surface area (TPSA) is 122 Å². The summed E-state index contributed by atoms with van der Waals surface area (Å²) in [4.78, 5) is 24.2. The highest BCUT2D eigenvalue weighted by Crippen LogP contribution is 2.13. The average molecular weight is 304 g/mol. The SMILES string of the molecule is CC(=O)OO.CN(O)C(=O)Nc1ccc([S+](C)[O-])cc1. The summed E-state index contributed by atoms with van der Waals surface area (Å²) in [7, 11) is 1.23. The minimum atomic E-state index is -1.03. The van der Waals surface area contributed by atoms with E-state index in [2.05, 4.69) is 10.2 Å². The Hall–Kier alpha value is -1.81. The smallest absolute Gasteiger partial charge is 0.345 e. The van der Waals surface area contributed by atoms with Crippen molar-refractivity contribution in [3.05, 3.63) is 24.3 Å². The Bertz CT molecular complexity index is 435. The van der Waals surface area contributed by atoms with Crippen LogP contribution in [0, 0.1) is 0 Å². The summed E-state index contributed by atoms with van der Waals surface area (Å²) in [5.74, 6) is -0.690.